The van der Waals surface area contributed by atoms with Gasteiger partial charge in [0.2, 0.25) is 12.5 Å². The zero-order chi connectivity index (χ0) is 11.4. The molecule has 0 aromatic heterocycles. The van der Waals surface area contributed by atoms with Gasteiger partial charge in [-0.15, -0.1) is 0 Å². The largest absolute Gasteiger partial charge is 0.428 e. The number of ether oxygens (including phenoxy) is 1. The summed E-state index contributed by atoms with van der Waals surface area (Å²) in [7, 11) is 0. The fourth-order valence-corrected chi connectivity index (χ4v) is 1.28. The monoisotopic (exact) mass is 246 g/mol. The molecule has 84 valence electrons. The normalized spacial score (nSPS) is 39.4. The van der Waals surface area contributed by atoms with Gasteiger partial charge in [-0.25, -0.2) is 8.78 Å². The van der Waals surface area contributed by atoms with Crippen molar-refractivity contribution in [3.63, 3.8) is 0 Å². The third-order valence-electron chi connectivity index (χ3n) is 1.76. The highest BCUT2D eigenvalue weighted by Gasteiger charge is 2.83. The summed E-state index contributed by atoms with van der Waals surface area (Å²) in [6, 6.07) is 0. The van der Waals surface area contributed by atoms with Crippen molar-refractivity contribution < 1.29 is 35.5 Å². The lowest BCUT2D eigenvalue weighted by molar-refractivity contribution is -0.443. The Balaban J connectivity index is 3.08. The van der Waals surface area contributed by atoms with Crippen molar-refractivity contribution >= 4 is 11.6 Å². The molecule has 14 heavy (non-hydrogen) atoms. The summed E-state index contributed by atoms with van der Waals surface area (Å²) in [4.78, 5) is 0. The molecular weight excluding hydrogens is 244 g/mol. The summed E-state index contributed by atoms with van der Waals surface area (Å²) in [6.07, 6.45) is -12.4. The van der Waals surface area contributed by atoms with Crippen molar-refractivity contribution in [2.75, 3.05) is 0 Å². The number of halogens is 8. The van der Waals surface area contributed by atoms with Gasteiger partial charge in [0.15, 0.2) is 0 Å². The Bertz CT molecular complexity index is 219. The molecule has 0 radical (unpaired) electrons. The molecule has 0 saturated carbocycles. The van der Waals surface area contributed by atoms with E-state index in [1.807, 2.05) is 0 Å². The maximum atomic E-state index is 12.4. The van der Waals surface area contributed by atoms with Gasteiger partial charge in [-0.3, -0.25) is 0 Å². The Morgan fingerprint density at radius 2 is 1.50 bits per heavy atom. The highest BCUT2D eigenvalue weighted by atomic mass is 35.5. The summed E-state index contributed by atoms with van der Waals surface area (Å²) in [5.41, 5.74) is -4.58. The van der Waals surface area contributed by atoms with E-state index in [0.717, 1.165) is 0 Å². The average molecular weight is 247 g/mol. The molecule has 1 aliphatic heterocycles. The molecule has 1 fully saturated rings. The average Bonchev–Trinajstić information content (AvgIpc) is 1.93. The second kappa shape index (κ2) is 2.88. The number of alkyl halides is 8. The maximum Gasteiger partial charge on any atom is 0.428 e. The molecule has 0 bridgehead atoms. The first-order valence-electron chi connectivity index (χ1n) is 3.13. The molecule has 0 aliphatic carbocycles. The van der Waals surface area contributed by atoms with Crippen LogP contribution in [0.4, 0.5) is 30.7 Å². The quantitative estimate of drug-likeness (QED) is 0.511. The summed E-state index contributed by atoms with van der Waals surface area (Å²) >= 11 is 4.05. The van der Waals surface area contributed by atoms with E-state index < -0.39 is 29.7 Å². The van der Waals surface area contributed by atoms with Crippen LogP contribution in [0.15, 0.2) is 0 Å². The van der Waals surface area contributed by atoms with Gasteiger partial charge in [0.1, 0.15) is 0 Å². The van der Waals surface area contributed by atoms with Crippen LogP contribution in [0.5, 0.6) is 0 Å². The fraction of sp³-hybridized carbons (Fsp3) is 1.00. The van der Waals surface area contributed by atoms with Crippen LogP contribution in [-0.2, 0) is 4.74 Å². The van der Waals surface area contributed by atoms with Gasteiger partial charge >= 0.3 is 11.6 Å². The summed E-state index contributed by atoms with van der Waals surface area (Å²) < 4.78 is 88.0. The topological polar surface area (TPSA) is 9.23 Å². The second-order valence-electron chi connectivity index (χ2n) is 2.60. The van der Waals surface area contributed by atoms with Crippen LogP contribution in [0, 0.1) is 0 Å². The molecule has 0 aromatic rings. The van der Waals surface area contributed by atoms with Crippen molar-refractivity contribution in [1.29, 1.82) is 0 Å². The van der Waals surface area contributed by atoms with Crippen LogP contribution >= 0.6 is 11.6 Å². The van der Waals surface area contributed by atoms with Crippen LogP contribution in [-0.4, -0.2) is 29.7 Å². The molecule has 1 nitrogen and oxygen atoms in total. The molecule has 0 amide bonds. The minimum atomic E-state index is -5.79. The first kappa shape index (κ1) is 11.8. The van der Waals surface area contributed by atoms with Crippen LogP contribution in [0.2, 0.25) is 0 Å². The molecule has 0 spiro atoms. The Labute approximate surface area is 77.8 Å². The molecule has 1 rings (SSSR count). The third-order valence-corrected chi connectivity index (χ3v) is 2.04. The highest BCUT2D eigenvalue weighted by Crippen LogP contribution is 2.57. The van der Waals surface area contributed by atoms with Gasteiger partial charge in [0, 0.05) is 0 Å². The molecule has 0 N–H and O–H groups in total. The molecule has 0 aromatic carbocycles. The minimum Gasteiger partial charge on any atom is -0.319 e. The second-order valence-corrected chi connectivity index (χ2v) is 3.08. The summed E-state index contributed by atoms with van der Waals surface area (Å²) in [5, 5.41) is -5.06. The van der Waals surface area contributed by atoms with Gasteiger partial charge < -0.3 is 4.74 Å². The molecular formula is C5H2ClF7O. The smallest absolute Gasteiger partial charge is 0.319 e. The van der Waals surface area contributed by atoms with Crippen molar-refractivity contribution in [1.82, 2.24) is 0 Å². The lowest BCUT2D eigenvalue weighted by Gasteiger charge is -2.48. The van der Waals surface area contributed by atoms with Crippen molar-refractivity contribution in [3.05, 3.63) is 0 Å². The Kier molecular flexibility index (Phi) is 2.43. The van der Waals surface area contributed by atoms with Gasteiger partial charge in [0.25, 0.3) is 5.60 Å². The fourth-order valence-electron chi connectivity index (χ4n) is 1.02. The van der Waals surface area contributed by atoms with E-state index in [-0.39, 0.29) is 0 Å². The Morgan fingerprint density at radius 1 is 1.07 bits per heavy atom. The van der Waals surface area contributed by atoms with Gasteiger partial charge in [0.05, 0.1) is 0 Å². The lowest BCUT2D eigenvalue weighted by Crippen LogP contribution is -2.75. The zero-order valence-electron chi connectivity index (χ0n) is 6.09. The van der Waals surface area contributed by atoms with E-state index in [9.17, 15) is 30.7 Å². The summed E-state index contributed by atoms with van der Waals surface area (Å²) in [6.45, 7) is 0. The molecule has 1 saturated heterocycles. The van der Waals surface area contributed by atoms with Crippen LogP contribution in [0.25, 0.3) is 0 Å². The van der Waals surface area contributed by atoms with Gasteiger partial charge in [-0.05, 0) is 11.6 Å². The predicted octanol–water partition coefficient (Wildman–Crippen LogP) is 2.78. The van der Waals surface area contributed by atoms with E-state index >= 15 is 0 Å². The predicted molar refractivity (Wildman–Crippen MR) is 30.5 cm³/mol. The Hall–Kier alpha value is -0.240. The van der Waals surface area contributed by atoms with E-state index in [4.69, 9.17) is 0 Å². The maximum absolute atomic E-state index is 12.4. The van der Waals surface area contributed by atoms with Crippen LogP contribution in [0.3, 0.4) is 0 Å². The van der Waals surface area contributed by atoms with Gasteiger partial charge in [-0.1, -0.05) is 0 Å². The molecule has 3 atom stereocenters. The minimum absolute atomic E-state index is 3.04. The number of hydrogen-bond donors (Lipinski definition) is 0. The van der Waals surface area contributed by atoms with E-state index in [0.29, 0.717) is 0 Å². The molecule has 0 unspecified atom stereocenters. The van der Waals surface area contributed by atoms with E-state index in [1.165, 1.54) is 0 Å². The summed E-state index contributed by atoms with van der Waals surface area (Å²) in [5.74, 6) is 0. The molecule has 1 heterocycles. The molecule has 9 heteroatoms. The number of hydrogen-bond acceptors (Lipinski definition) is 1. The van der Waals surface area contributed by atoms with Gasteiger partial charge in [-0.2, -0.15) is 22.0 Å². The standard InChI is InChI=1S/C5H2ClF7O/c6-4(9,10)3(5(11,12)13)1(7)2(8)14-3/h1-2H/t1-,2+,3-/m0/s1. The highest BCUT2D eigenvalue weighted by molar-refractivity contribution is 6.22. The van der Waals surface area contributed by atoms with Crippen molar-refractivity contribution in [3.8, 4) is 0 Å². The number of rotatable bonds is 1. The Morgan fingerprint density at radius 3 is 1.57 bits per heavy atom. The van der Waals surface area contributed by atoms with E-state index in [1.54, 1.807) is 0 Å². The molecule has 1 aliphatic rings. The first-order chi connectivity index (χ1) is 6.04. The van der Waals surface area contributed by atoms with Crippen LogP contribution in [0.1, 0.15) is 0 Å². The van der Waals surface area contributed by atoms with Crippen molar-refractivity contribution in [2.45, 2.75) is 29.7 Å². The van der Waals surface area contributed by atoms with E-state index in [2.05, 4.69) is 16.3 Å². The zero-order valence-corrected chi connectivity index (χ0v) is 6.84. The first-order valence-corrected chi connectivity index (χ1v) is 3.51. The third kappa shape index (κ3) is 1.27. The SMILES string of the molecule is F[C@@H]1O[C@](C(F)(F)F)(C(F)(F)Cl)[C@H]1F. The lowest BCUT2D eigenvalue weighted by atomic mass is 9.91. The van der Waals surface area contributed by atoms with Crippen molar-refractivity contribution in [2.24, 2.45) is 0 Å². The van der Waals surface area contributed by atoms with Crippen LogP contribution < -0.4 is 0 Å².